The lowest BCUT2D eigenvalue weighted by molar-refractivity contribution is -0.147. The normalized spacial score (nSPS) is 11.7. The number of nitrogen functional groups attached to an aromatic ring is 1. The lowest BCUT2D eigenvalue weighted by atomic mass is 10.3. The highest BCUT2D eigenvalue weighted by atomic mass is 16.6. The second-order valence-corrected chi connectivity index (χ2v) is 3.19. The third-order valence-corrected chi connectivity index (χ3v) is 2.05. The van der Waals surface area contributed by atoms with Gasteiger partial charge < -0.3 is 19.9 Å². The topological polar surface area (TPSA) is 70.8 Å². The van der Waals surface area contributed by atoms with Crippen LogP contribution in [-0.4, -0.2) is 26.3 Å². The van der Waals surface area contributed by atoms with Gasteiger partial charge in [0.25, 0.3) is 0 Å². The smallest absolute Gasteiger partial charge is 0.346 e. The summed E-state index contributed by atoms with van der Waals surface area (Å²) >= 11 is 0. The molecule has 0 aliphatic rings. The van der Waals surface area contributed by atoms with Gasteiger partial charge in [-0.15, -0.1) is 0 Å². The minimum atomic E-state index is -0.669. The summed E-state index contributed by atoms with van der Waals surface area (Å²) in [5.41, 5.74) is 6.15. The molecule has 1 rings (SSSR count). The molecule has 1 atom stereocenters. The fourth-order valence-corrected chi connectivity index (χ4v) is 1.20. The molecule has 16 heavy (non-hydrogen) atoms. The van der Waals surface area contributed by atoms with Crippen molar-refractivity contribution in [3.8, 4) is 11.5 Å². The van der Waals surface area contributed by atoms with Gasteiger partial charge in [-0.1, -0.05) is 0 Å². The maximum absolute atomic E-state index is 11.1. The molecule has 0 heterocycles. The Hall–Kier alpha value is -1.91. The van der Waals surface area contributed by atoms with Crippen molar-refractivity contribution in [3.63, 3.8) is 0 Å². The van der Waals surface area contributed by atoms with Gasteiger partial charge in [-0.05, 0) is 19.1 Å². The van der Waals surface area contributed by atoms with E-state index in [0.29, 0.717) is 17.2 Å². The molecule has 5 heteroatoms. The van der Waals surface area contributed by atoms with Crippen LogP contribution in [0.4, 0.5) is 5.69 Å². The van der Waals surface area contributed by atoms with Crippen molar-refractivity contribution in [1.82, 2.24) is 0 Å². The van der Waals surface area contributed by atoms with Crippen LogP contribution in [0.3, 0.4) is 0 Å². The molecule has 2 N–H and O–H groups in total. The molecule has 0 saturated heterocycles. The first-order valence-corrected chi connectivity index (χ1v) is 4.76. The molecule has 0 aliphatic carbocycles. The zero-order valence-corrected chi connectivity index (χ0v) is 9.52. The van der Waals surface area contributed by atoms with Crippen molar-refractivity contribution < 1.29 is 19.0 Å². The van der Waals surface area contributed by atoms with Gasteiger partial charge in [0, 0.05) is 6.07 Å². The number of hydrogen-bond acceptors (Lipinski definition) is 5. The van der Waals surface area contributed by atoms with Crippen molar-refractivity contribution in [2.45, 2.75) is 13.0 Å². The fraction of sp³-hybridized carbons (Fsp3) is 0.364. The van der Waals surface area contributed by atoms with E-state index in [1.54, 1.807) is 25.1 Å². The highest BCUT2D eigenvalue weighted by Crippen LogP contribution is 2.26. The average molecular weight is 225 g/mol. The highest BCUT2D eigenvalue weighted by Gasteiger charge is 2.15. The Balaban J connectivity index is 2.75. The summed E-state index contributed by atoms with van der Waals surface area (Å²) in [7, 11) is 2.84. The van der Waals surface area contributed by atoms with Crippen LogP contribution in [0.5, 0.6) is 11.5 Å². The highest BCUT2D eigenvalue weighted by molar-refractivity contribution is 5.74. The number of methoxy groups -OCH3 is 2. The minimum Gasteiger partial charge on any atom is -0.495 e. The largest absolute Gasteiger partial charge is 0.495 e. The Labute approximate surface area is 94.1 Å². The average Bonchev–Trinajstić information content (AvgIpc) is 2.28. The maximum Gasteiger partial charge on any atom is 0.346 e. The Morgan fingerprint density at radius 2 is 2.06 bits per heavy atom. The van der Waals surface area contributed by atoms with Crippen molar-refractivity contribution >= 4 is 11.7 Å². The molecule has 5 nitrogen and oxygen atoms in total. The Bertz CT molecular complexity index is 378. The molecule has 0 fully saturated rings. The number of anilines is 1. The van der Waals surface area contributed by atoms with Crippen LogP contribution in [0.1, 0.15) is 6.92 Å². The minimum absolute atomic E-state index is 0.436. The van der Waals surface area contributed by atoms with E-state index in [2.05, 4.69) is 4.74 Å². The van der Waals surface area contributed by atoms with E-state index < -0.39 is 12.1 Å². The predicted molar refractivity (Wildman–Crippen MR) is 59.5 cm³/mol. The van der Waals surface area contributed by atoms with Gasteiger partial charge in [0.2, 0.25) is 0 Å². The molecule has 0 radical (unpaired) electrons. The molecule has 1 aromatic rings. The zero-order valence-electron chi connectivity index (χ0n) is 9.52. The molecule has 0 aliphatic heterocycles. The summed E-state index contributed by atoms with van der Waals surface area (Å²) in [6, 6.07) is 4.95. The number of esters is 1. The van der Waals surface area contributed by atoms with Gasteiger partial charge in [-0.2, -0.15) is 0 Å². The standard InChI is InChI=1S/C11H15NO4/c1-7(11(13)15-3)16-8-4-5-10(14-2)9(12)6-8/h4-7H,12H2,1-3H3. The quantitative estimate of drug-likeness (QED) is 0.616. The molecule has 88 valence electrons. The molecular weight excluding hydrogens is 210 g/mol. The second kappa shape index (κ2) is 5.25. The van der Waals surface area contributed by atoms with Crippen LogP contribution >= 0.6 is 0 Å². The first kappa shape index (κ1) is 12.2. The number of rotatable bonds is 4. The predicted octanol–water partition coefficient (Wildman–Crippen LogP) is 1.22. The SMILES string of the molecule is COC(=O)C(C)Oc1ccc(OC)c(N)c1. The van der Waals surface area contributed by atoms with E-state index in [4.69, 9.17) is 15.2 Å². The first-order chi connectivity index (χ1) is 7.58. The third-order valence-electron chi connectivity index (χ3n) is 2.05. The van der Waals surface area contributed by atoms with Crippen molar-refractivity contribution in [2.24, 2.45) is 0 Å². The van der Waals surface area contributed by atoms with E-state index in [1.165, 1.54) is 14.2 Å². The van der Waals surface area contributed by atoms with E-state index in [0.717, 1.165) is 0 Å². The first-order valence-electron chi connectivity index (χ1n) is 4.76. The Kier molecular flexibility index (Phi) is 3.99. The monoisotopic (exact) mass is 225 g/mol. The van der Waals surface area contributed by atoms with Gasteiger partial charge >= 0.3 is 5.97 Å². The van der Waals surface area contributed by atoms with Crippen LogP contribution < -0.4 is 15.2 Å². The molecule has 0 amide bonds. The number of nitrogens with two attached hydrogens (primary N) is 1. The van der Waals surface area contributed by atoms with Crippen molar-refractivity contribution in [3.05, 3.63) is 18.2 Å². The van der Waals surface area contributed by atoms with Gasteiger partial charge in [0.1, 0.15) is 11.5 Å². The second-order valence-electron chi connectivity index (χ2n) is 3.19. The molecule has 1 aromatic carbocycles. The summed E-state index contributed by atoms with van der Waals surface area (Å²) in [4.78, 5) is 11.1. The van der Waals surface area contributed by atoms with Crippen molar-refractivity contribution in [2.75, 3.05) is 20.0 Å². The van der Waals surface area contributed by atoms with Gasteiger partial charge in [-0.25, -0.2) is 4.79 Å². The van der Waals surface area contributed by atoms with Crippen LogP contribution in [-0.2, 0) is 9.53 Å². The van der Waals surface area contributed by atoms with E-state index >= 15 is 0 Å². The molecule has 0 spiro atoms. The summed E-state index contributed by atoms with van der Waals surface area (Å²) < 4.78 is 14.9. The number of benzene rings is 1. The summed E-state index contributed by atoms with van der Waals surface area (Å²) in [5.74, 6) is 0.628. The van der Waals surface area contributed by atoms with Gasteiger partial charge in [0.15, 0.2) is 6.10 Å². The number of carbonyl (C=O) groups excluding carboxylic acids is 1. The van der Waals surface area contributed by atoms with E-state index in [-0.39, 0.29) is 0 Å². The summed E-state index contributed by atoms with van der Waals surface area (Å²) in [5, 5.41) is 0. The van der Waals surface area contributed by atoms with Crippen LogP contribution in [0.15, 0.2) is 18.2 Å². The van der Waals surface area contributed by atoms with Crippen molar-refractivity contribution in [1.29, 1.82) is 0 Å². The molecule has 0 saturated carbocycles. The Morgan fingerprint density at radius 3 is 2.56 bits per heavy atom. The van der Waals surface area contributed by atoms with Gasteiger partial charge in [0.05, 0.1) is 19.9 Å². The van der Waals surface area contributed by atoms with Crippen LogP contribution in [0, 0.1) is 0 Å². The maximum atomic E-state index is 11.1. The molecule has 0 bridgehead atoms. The van der Waals surface area contributed by atoms with Crippen LogP contribution in [0.25, 0.3) is 0 Å². The number of hydrogen-bond donors (Lipinski definition) is 1. The lowest BCUT2D eigenvalue weighted by Crippen LogP contribution is -2.24. The van der Waals surface area contributed by atoms with Crippen LogP contribution in [0.2, 0.25) is 0 Å². The summed E-state index contributed by atoms with van der Waals surface area (Å²) in [6.45, 7) is 1.60. The van der Waals surface area contributed by atoms with Gasteiger partial charge in [-0.3, -0.25) is 0 Å². The fourth-order valence-electron chi connectivity index (χ4n) is 1.20. The Morgan fingerprint density at radius 1 is 1.38 bits per heavy atom. The number of ether oxygens (including phenoxy) is 3. The molecule has 0 aromatic heterocycles. The molecule has 1 unspecified atom stereocenters. The third kappa shape index (κ3) is 2.79. The zero-order chi connectivity index (χ0) is 12.1. The van der Waals surface area contributed by atoms with E-state index in [1.807, 2.05) is 0 Å². The lowest BCUT2D eigenvalue weighted by Gasteiger charge is -2.13. The van der Waals surface area contributed by atoms with E-state index in [9.17, 15) is 4.79 Å². The number of carbonyl (C=O) groups is 1. The summed E-state index contributed by atoms with van der Waals surface area (Å²) in [6.07, 6.45) is -0.669. The molecular formula is C11H15NO4.